The van der Waals surface area contributed by atoms with Crippen molar-refractivity contribution in [3.8, 4) is 0 Å². The summed E-state index contributed by atoms with van der Waals surface area (Å²) in [5, 5.41) is 0. The van der Waals surface area contributed by atoms with Crippen LogP contribution in [0, 0.1) is 11.8 Å². The highest BCUT2D eigenvalue weighted by atomic mass is 16.5. The van der Waals surface area contributed by atoms with E-state index < -0.39 is 11.9 Å². The zero-order chi connectivity index (χ0) is 12.5. The number of carbonyl (C=O) groups is 2. The number of nitrogens with zero attached hydrogens (tertiary/aromatic N) is 1. The molecule has 92 valence electrons. The number of hydrogen-bond donors (Lipinski definition) is 0. The molecule has 0 N–H and O–H groups in total. The molecule has 4 nitrogen and oxygen atoms in total. The number of piperidine rings is 1. The molecule has 1 aliphatic heterocycles. The van der Waals surface area contributed by atoms with Crippen molar-refractivity contribution in [2.24, 2.45) is 11.8 Å². The summed E-state index contributed by atoms with van der Waals surface area (Å²) >= 11 is 0. The van der Waals surface area contributed by atoms with E-state index in [1.807, 2.05) is 27.7 Å². The van der Waals surface area contributed by atoms with Crippen molar-refractivity contribution >= 4 is 11.9 Å². The second kappa shape index (κ2) is 4.44. The molecule has 0 saturated carbocycles. The predicted molar refractivity (Wildman–Crippen MR) is 60.8 cm³/mol. The number of amides is 1. The van der Waals surface area contributed by atoms with Crippen molar-refractivity contribution in [2.45, 2.75) is 39.7 Å². The lowest BCUT2D eigenvalue weighted by atomic mass is 9.84. The molecule has 1 heterocycles. The van der Waals surface area contributed by atoms with E-state index in [0.29, 0.717) is 0 Å². The molecule has 0 aromatic heterocycles. The highest BCUT2D eigenvalue weighted by Gasteiger charge is 2.43. The summed E-state index contributed by atoms with van der Waals surface area (Å²) in [7, 11) is 1.33. The largest absolute Gasteiger partial charge is 0.468 e. The quantitative estimate of drug-likeness (QED) is 0.503. The third-order valence-corrected chi connectivity index (χ3v) is 3.17. The van der Waals surface area contributed by atoms with Crippen molar-refractivity contribution in [3.05, 3.63) is 0 Å². The van der Waals surface area contributed by atoms with Gasteiger partial charge in [0.1, 0.15) is 5.92 Å². The van der Waals surface area contributed by atoms with Gasteiger partial charge < -0.3 is 9.64 Å². The van der Waals surface area contributed by atoms with Crippen molar-refractivity contribution in [2.75, 3.05) is 13.7 Å². The number of rotatable bonds is 1. The van der Waals surface area contributed by atoms with Crippen LogP contribution in [0.4, 0.5) is 0 Å². The summed E-state index contributed by atoms with van der Waals surface area (Å²) in [6, 6.07) is 0. The molecule has 0 unspecified atom stereocenters. The van der Waals surface area contributed by atoms with Gasteiger partial charge in [-0.15, -0.1) is 0 Å². The van der Waals surface area contributed by atoms with Crippen LogP contribution in [0.15, 0.2) is 0 Å². The summed E-state index contributed by atoms with van der Waals surface area (Å²) in [6.45, 7) is 8.59. The third-order valence-electron chi connectivity index (χ3n) is 3.17. The van der Waals surface area contributed by atoms with Crippen LogP contribution in [-0.4, -0.2) is 36.0 Å². The summed E-state index contributed by atoms with van der Waals surface area (Å²) in [5.74, 6) is -1.07. The molecule has 1 amide bonds. The molecule has 1 saturated heterocycles. The minimum atomic E-state index is -0.627. The average Bonchev–Trinajstić information content (AvgIpc) is 2.15. The van der Waals surface area contributed by atoms with Gasteiger partial charge in [-0.2, -0.15) is 0 Å². The fourth-order valence-corrected chi connectivity index (χ4v) is 2.15. The zero-order valence-electron chi connectivity index (χ0n) is 10.7. The lowest BCUT2D eigenvalue weighted by molar-refractivity contribution is -0.161. The minimum Gasteiger partial charge on any atom is -0.468 e. The van der Waals surface area contributed by atoms with Gasteiger partial charge in [0.15, 0.2) is 0 Å². The topological polar surface area (TPSA) is 46.6 Å². The standard InChI is InChI=1S/C12H21NO3/c1-8-6-7-13(12(2,3)4)10(14)9(8)11(15)16-5/h8-9H,6-7H2,1-5H3/t8-,9+/m1/s1. The van der Waals surface area contributed by atoms with Crippen molar-refractivity contribution in [1.29, 1.82) is 0 Å². The van der Waals surface area contributed by atoms with Gasteiger partial charge >= 0.3 is 5.97 Å². The highest BCUT2D eigenvalue weighted by molar-refractivity contribution is 5.98. The molecular formula is C12H21NO3. The summed E-state index contributed by atoms with van der Waals surface area (Å²) in [5.41, 5.74) is -0.233. The smallest absolute Gasteiger partial charge is 0.318 e. The maximum atomic E-state index is 12.2. The van der Waals surface area contributed by atoms with Gasteiger partial charge in [0.2, 0.25) is 5.91 Å². The van der Waals surface area contributed by atoms with E-state index in [-0.39, 0.29) is 17.4 Å². The van der Waals surface area contributed by atoms with Gasteiger partial charge in [0, 0.05) is 12.1 Å². The molecule has 0 aromatic rings. The monoisotopic (exact) mass is 227 g/mol. The molecule has 1 rings (SSSR count). The van der Waals surface area contributed by atoms with Crippen LogP contribution in [0.2, 0.25) is 0 Å². The van der Waals surface area contributed by atoms with Gasteiger partial charge in [0.25, 0.3) is 0 Å². The highest BCUT2D eigenvalue weighted by Crippen LogP contribution is 2.29. The first-order chi connectivity index (χ1) is 7.29. The molecule has 2 atom stereocenters. The second-order valence-electron chi connectivity index (χ2n) is 5.43. The number of likely N-dealkylation sites (tertiary alicyclic amines) is 1. The van der Waals surface area contributed by atoms with E-state index in [2.05, 4.69) is 0 Å². The van der Waals surface area contributed by atoms with E-state index in [9.17, 15) is 9.59 Å². The van der Waals surface area contributed by atoms with Gasteiger partial charge in [-0.25, -0.2) is 0 Å². The number of carbonyl (C=O) groups excluding carboxylic acids is 2. The molecule has 0 radical (unpaired) electrons. The Labute approximate surface area is 96.9 Å². The second-order valence-corrected chi connectivity index (χ2v) is 5.43. The van der Waals surface area contributed by atoms with Crippen LogP contribution < -0.4 is 0 Å². The fraction of sp³-hybridized carbons (Fsp3) is 0.833. The molecular weight excluding hydrogens is 206 g/mol. The summed E-state index contributed by atoms with van der Waals surface area (Å²) in [6.07, 6.45) is 0.850. The summed E-state index contributed by atoms with van der Waals surface area (Å²) < 4.78 is 4.71. The van der Waals surface area contributed by atoms with Crippen molar-refractivity contribution in [3.63, 3.8) is 0 Å². The minimum absolute atomic E-state index is 0.0681. The maximum absolute atomic E-state index is 12.2. The number of methoxy groups -OCH3 is 1. The van der Waals surface area contributed by atoms with E-state index in [1.165, 1.54) is 7.11 Å². The lowest BCUT2D eigenvalue weighted by Crippen LogP contribution is -2.55. The average molecular weight is 227 g/mol. The van der Waals surface area contributed by atoms with Gasteiger partial charge in [-0.1, -0.05) is 6.92 Å². The van der Waals surface area contributed by atoms with E-state index in [1.54, 1.807) is 4.90 Å². The Kier molecular flexibility index (Phi) is 3.61. The Balaban J connectivity index is 2.92. The SMILES string of the molecule is COC(=O)[C@@H]1C(=O)N(C(C)(C)C)CC[C@H]1C. The van der Waals surface area contributed by atoms with Crippen LogP contribution in [0.1, 0.15) is 34.1 Å². The number of hydrogen-bond acceptors (Lipinski definition) is 3. The molecule has 0 aromatic carbocycles. The normalized spacial score (nSPS) is 26.8. The fourth-order valence-electron chi connectivity index (χ4n) is 2.15. The van der Waals surface area contributed by atoms with E-state index in [4.69, 9.17) is 4.74 Å². The zero-order valence-corrected chi connectivity index (χ0v) is 10.7. The molecule has 16 heavy (non-hydrogen) atoms. The molecule has 4 heteroatoms. The van der Waals surface area contributed by atoms with Gasteiger partial charge in [-0.05, 0) is 33.1 Å². The first kappa shape index (κ1) is 13.0. The predicted octanol–water partition coefficient (Wildman–Crippen LogP) is 1.44. The van der Waals surface area contributed by atoms with E-state index >= 15 is 0 Å². The Hall–Kier alpha value is -1.06. The number of esters is 1. The van der Waals surface area contributed by atoms with Gasteiger partial charge in [0.05, 0.1) is 7.11 Å². The Morgan fingerprint density at radius 1 is 1.44 bits per heavy atom. The molecule has 0 bridgehead atoms. The van der Waals surface area contributed by atoms with Crippen molar-refractivity contribution < 1.29 is 14.3 Å². The molecule has 0 aliphatic carbocycles. The van der Waals surface area contributed by atoms with Crippen molar-refractivity contribution in [1.82, 2.24) is 4.90 Å². The molecule has 1 aliphatic rings. The van der Waals surface area contributed by atoms with Crippen LogP contribution in [-0.2, 0) is 14.3 Å². The molecule has 1 fully saturated rings. The lowest BCUT2D eigenvalue weighted by Gasteiger charge is -2.42. The maximum Gasteiger partial charge on any atom is 0.318 e. The van der Waals surface area contributed by atoms with Crippen LogP contribution >= 0.6 is 0 Å². The third kappa shape index (κ3) is 2.36. The van der Waals surface area contributed by atoms with Crippen LogP contribution in [0.5, 0.6) is 0 Å². The molecule has 0 spiro atoms. The Morgan fingerprint density at radius 3 is 2.44 bits per heavy atom. The van der Waals surface area contributed by atoms with Gasteiger partial charge in [-0.3, -0.25) is 9.59 Å². The van der Waals surface area contributed by atoms with E-state index in [0.717, 1.165) is 13.0 Å². The Bertz CT molecular complexity index is 293. The first-order valence-corrected chi connectivity index (χ1v) is 5.68. The van der Waals surface area contributed by atoms with Crippen LogP contribution in [0.25, 0.3) is 0 Å². The first-order valence-electron chi connectivity index (χ1n) is 5.68. The number of ether oxygens (including phenoxy) is 1. The Morgan fingerprint density at radius 2 is 2.00 bits per heavy atom. The summed E-state index contributed by atoms with van der Waals surface area (Å²) in [4.78, 5) is 25.6. The van der Waals surface area contributed by atoms with Crippen LogP contribution in [0.3, 0.4) is 0 Å².